The molecule has 3 heterocycles. The van der Waals surface area contributed by atoms with E-state index in [1.807, 2.05) is 6.07 Å². The van der Waals surface area contributed by atoms with Gasteiger partial charge in [-0.1, -0.05) is 6.07 Å². The number of fused-ring (bicyclic) bond motifs is 1. The average molecular weight is 408 g/mol. The molecule has 3 aromatic rings. The molecule has 0 amide bonds. The van der Waals surface area contributed by atoms with Gasteiger partial charge in [0.15, 0.2) is 5.75 Å². The van der Waals surface area contributed by atoms with Crippen LogP contribution in [0.4, 0.5) is 5.69 Å². The van der Waals surface area contributed by atoms with Crippen LogP contribution in [0.25, 0.3) is 11.4 Å². The third-order valence-corrected chi connectivity index (χ3v) is 4.91. The van der Waals surface area contributed by atoms with Gasteiger partial charge in [0.1, 0.15) is 12.2 Å². The molecule has 1 aromatic carbocycles. The molecule has 10 heteroatoms. The summed E-state index contributed by atoms with van der Waals surface area (Å²) in [4.78, 5) is 40.9. The normalized spacial score (nSPS) is 13.6. The van der Waals surface area contributed by atoms with Gasteiger partial charge in [-0.05, 0) is 18.6 Å². The second-order valence-electron chi connectivity index (χ2n) is 6.92. The summed E-state index contributed by atoms with van der Waals surface area (Å²) < 4.78 is 5.34. The summed E-state index contributed by atoms with van der Waals surface area (Å²) in [7, 11) is 0. The molecule has 0 spiro atoms. The molecular weight excluding hydrogens is 388 g/mol. The predicted octanol–water partition coefficient (Wildman–Crippen LogP) is 2.09. The molecule has 1 N–H and O–H groups in total. The summed E-state index contributed by atoms with van der Waals surface area (Å²) in [6, 6.07) is 4.97. The van der Waals surface area contributed by atoms with E-state index in [1.165, 1.54) is 12.4 Å². The second kappa shape index (κ2) is 8.37. The zero-order valence-electron chi connectivity index (χ0n) is 16.4. The van der Waals surface area contributed by atoms with Crippen molar-refractivity contribution in [2.24, 2.45) is 0 Å². The lowest BCUT2D eigenvalue weighted by atomic mass is 10.1. The number of hydrogen-bond donors (Lipinski definition) is 1. The van der Waals surface area contributed by atoms with Gasteiger partial charge >= 0.3 is 5.69 Å². The van der Waals surface area contributed by atoms with Crippen LogP contribution >= 0.6 is 0 Å². The Bertz CT molecular complexity index is 1130. The molecular formula is C20H20N6O4. The van der Waals surface area contributed by atoms with E-state index >= 15 is 0 Å². The summed E-state index contributed by atoms with van der Waals surface area (Å²) in [5.41, 5.74) is 2.56. The Balaban J connectivity index is 1.55. The summed E-state index contributed by atoms with van der Waals surface area (Å²) in [5.74, 6) is 0.711. The van der Waals surface area contributed by atoms with Crippen molar-refractivity contribution in [3.63, 3.8) is 0 Å². The van der Waals surface area contributed by atoms with Gasteiger partial charge < -0.3 is 9.72 Å². The number of H-pyrrole nitrogens is 1. The molecule has 0 radical (unpaired) electrons. The van der Waals surface area contributed by atoms with Gasteiger partial charge in [-0.2, -0.15) is 0 Å². The van der Waals surface area contributed by atoms with Crippen LogP contribution in [0.1, 0.15) is 23.7 Å². The molecule has 10 nitrogen and oxygen atoms in total. The Labute approximate surface area is 171 Å². The first-order chi connectivity index (χ1) is 14.5. The molecule has 30 heavy (non-hydrogen) atoms. The molecule has 0 bridgehead atoms. The van der Waals surface area contributed by atoms with E-state index in [0.29, 0.717) is 49.6 Å². The molecule has 1 aliphatic heterocycles. The molecule has 0 saturated carbocycles. The van der Waals surface area contributed by atoms with E-state index in [1.54, 1.807) is 25.4 Å². The standard InChI is InChI=1S/C20H20N6O4/c1-2-30-18-4-3-13(7-17(18)26(28)29)10-25-6-5-16-15(11-25)20(27)24-19(23-16)14-8-21-12-22-9-14/h3-4,7-9,12H,2,5-6,10-11H2,1H3,(H,23,24,27). The summed E-state index contributed by atoms with van der Waals surface area (Å²) >= 11 is 0. The first-order valence-corrected chi connectivity index (χ1v) is 9.55. The lowest BCUT2D eigenvalue weighted by Crippen LogP contribution is -2.35. The number of nitrogens with zero attached hydrogens (tertiary/aromatic N) is 5. The molecule has 0 fully saturated rings. The Hall–Kier alpha value is -3.66. The number of aromatic amines is 1. The molecule has 0 aliphatic carbocycles. The lowest BCUT2D eigenvalue weighted by molar-refractivity contribution is -0.385. The first-order valence-electron chi connectivity index (χ1n) is 9.55. The van der Waals surface area contributed by atoms with Crippen LogP contribution in [-0.2, 0) is 19.5 Å². The highest BCUT2D eigenvalue weighted by atomic mass is 16.6. The van der Waals surface area contributed by atoms with Crippen LogP contribution in [0.3, 0.4) is 0 Å². The van der Waals surface area contributed by atoms with Crippen LogP contribution < -0.4 is 10.3 Å². The molecule has 154 valence electrons. The lowest BCUT2D eigenvalue weighted by Gasteiger charge is -2.27. The highest BCUT2D eigenvalue weighted by Crippen LogP contribution is 2.29. The van der Waals surface area contributed by atoms with E-state index < -0.39 is 4.92 Å². The third kappa shape index (κ3) is 4.03. The number of nitro groups is 1. The Morgan fingerprint density at radius 1 is 1.30 bits per heavy atom. The van der Waals surface area contributed by atoms with Crippen molar-refractivity contribution in [2.45, 2.75) is 26.4 Å². The fraction of sp³-hybridized carbons (Fsp3) is 0.300. The van der Waals surface area contributed by atoms with Gasteiger partial charge in [0, 0.05) is 44.5 Å². The SMILES string of the molecule is CCOc1ccc(CN2CCc3nc(-c4cncnc4)[nH]c(=O)c3C2)cc1[N+](=O)[O-]. The molecule has 4 rings (SSSR count). The van der Waals surface area contributed by atoms with E-state index in [2.05, 4.69) is 24.8 Å². The minimum atomic E-state index is -0.441. The third-order valence-electron chi connectivity index (χ3n) is 4.91. The maximum absolute atomic E-state index is 12.6. The molecule has 0 unspecified atom stereocenters. The Kier molecular flexibility index (Phi) is 5.48. The highest BCUT2D eigenvalue weighted by molar-refractivity contribution is 5.52. The van der Waals surface area contributed by atoms with E-state index in [-0.39, 0.29) is 17.0 Å². The van der Waals surface area contributed by atoms with E-state index in [0.717, 1.165) is 11.3 Å². The number of nitrogens with one attached hydrogen (secondary N) is 1. The van der Waals surface area contributed by atoms with Crippen LogP contribution in [0.2, 0.25) is 0 Å². The van der Waals surface area contributed by atoms with Crippen molar-refractivity contribution >= 4 is 5.69 Å². The monoisotopic (exact) mass is 408 g/mol. The maximum Gasteiger partial charge on any atom is 0.311 e. The number of ether oxygens (including phenoxy) is 1. The van der Waals surface area contributed by atoms with Crippen LogP contribution in [0, 0.1) is 10.1 Å². The van der Waals surface area contributed by atoms with Crippen molar-refractivity contribution in [1.29, 1.82) is 0 Å². The van der Waals surface area contributed by atoms with Crippen molar-refractivity contribution in [2.75, 3.05) is 13.2 Å². The van der Waals surface area contributed by atoms with Gasteiger partial charge in [-0.25, -0.2) is 15.0 Å². The number of nitro benzene ring substituents is 1. The average Bonchev–Trinajstić information content (AvgIpc) is 2.76. The summed E-state index contributed by atoms with van der Waals surface area (Å²) in [5, 5.41) is 11.3. The van der Waals surface area contributed by atoms with Gasteiger partial charge in [0.05, 0.1) is 28.4 Å². The van der Waals surface area contributed by atoms with E-state index in [9.17, 15) is 14.9 Å². The van der Waals surface area contributed by atoms with Crippen LogP contribution in [-0.4, -0.2) is 42.9 Å². The Morgan fingerprint density at radius 2 is 2.10 bits per heavy atom. The smallest absolute Gasteiger partial charge is 0.311 e. The minimum absolute atomic E-state index is 0.0546. The largest absolute Gasteiger partial charge is 0.487 e. The van der Waals surface area contributed by atoms with Crippen molar-refractivity contribution in [3.8, 4) is 17.1 Å². The molecule has 0 atom stereocenters. The topological polar surface area (TPSA) is 127 Å². The number of rotatable bonds is 6. The van der Waals surface area contributed by atoms with Crippen LogP contribution in [0.5, 0.6) is 5.75 Å². The minimum Gasteiger partial charge on any atom is -0.487 e. The highest BCUT2D eigenvalue weighted by Gasteiger charge is 2.23. The van der Waals surface area contributed by atoms with Crippen molar-refractivity contribution in [1.82, 2.24) is 24.8 Å². The molecule has 2 aromatic heterocycles. The zero-order chi connectivity index (χ0) is 21.1. The molecule has 0 saturated heterocycles. The van der Waals surface area contributed by atoms with Gasteiger partial charge in [-0.3, -0.25) is 19.8 Å². The van der Waals surface area contributed by atoms with Gasteiger partial charge in [0.2, 0.25) is 0 Å². The number of benzene rings is 1. The summed E-state index contributed by atoms with van der Waals surface area (Å²) in [6.07, 6.45) is 5.24. The first kappa shape index (κ1) is 19.6. The van der Waals surface area contributed by atoms with E-state index in [4.69, 9.17) is 4.74 Å². The number of hydrogen-bond acceptors (Lipinski definition) is 8. The summed E-state index contributed by atoms with van der Waals surface area (Å²) in [6.45, 7) is 3.74. The van der Waals surface area contributed by atoms with Crippen molar-refractivity contribution in [3.05, 3.63) is 74.2 Å². The Morgan fingerprint density at radius 3 is 2.83 bits per heavy atom. The van der Waals surface area contributed by atoms with Crippen molar-refractivity contribution < 1.29 is 9.66 Å². The number of aromatic nitrogens is 4. The fourth-order valence-corrected chi connectivity index (χ4v) is 3.51. The molecule has 1 aliphatic rings. The quantitative estimate of drug-likeness (QED) is 0.485. The van der Waals surface area contributed by atoms with Gasteiger partial charge in [0.25, 0.3) is 5.56 Å². The predicted molar refractivity (Wildman–Crippen MR) is 108 cm³/mol. The maximum atomic E-state index is 12.6. The second-order valence-corrected chi connectivity index (χ2v) is 6.92. The van der Waals surface area contributed by atoms with Gasteiger partial charge in [-0.15, -0.1) is 0 Å². The fourth-order valence-electron chi connectivity index (χ4n) is 3.51. The zero-order valence-corrected chi connectivity index (χ0v) is 16.4. The van der Waals surface area contributed by atoms with Crippen LogP contribution in [0.15, 0.2) is 41.7 Å².